The highest BCUT2D eigenvalue weighted by Gasteiger charge is 2.20. The number of nitrogens with one attached hydrogen (secondary N) is 1. The van der Waals surface area contributed by atoms with Crippen LogP contribution in [0.25, 0.3) is 11.5 Å². The van der Waals surface area contributed by atoms with Gasteiger partial charge in [-0.15, -0.1) is 10.2 Å². The Bertz CT molecular complexity index is 591. The highest BCUT2D eigenvalue weighted by Crippen LogP contribution is 2.23. The predicted molar refractivity (Wildman–Crippen MR) is 80.2 cm³/mol. The molecule has 2 aromatic rings. The van der Waals surface area contributed by atoms with Gasteiger partial charge in [-0.3, -0.25) is 0 Å². The van der Waals surface area contributed by atoms with Crippen LogP contribution >= 0.6 is 0 Å². The summed E-state index contributed by atoms with van der Waals surface area (Å²) < 4.78 is 11.4. The molecular formula is C16H21N3O2. The van der Waals surface area contributed by atoms with E-state index >= 15 is 0 Å². The van der Waals surface area contributed by atoms with Gasteiger partial charge in [0.05, 0.1) is 6.10 Å². The molecule has 1 fully saturated rings. The summed E-state index contributed by atoms with van der Waals surface area (Å²) in [5.74, 6) is 2.04. The molecule has 1 aromatic carbocycles. The van der Waals surface area contributed by atoms with Gasteiger partial charge in [0.15, 0.2) is 0 Å². The van der Waals surface area contributed by atoms with E-state index in [1.54, 1.807) is 0 Å². The highest BCUT2D eigenvalue weighted by atomic mass is 16.5. The van der Waals surface area contributed by atoms with Crippen LogP contribution in [0, 0.1) is 0 Å². The van der Waals surface area contributed by atoms with Crippen molar-refractivity contribution < 1.29 is 9.15 Å². The molecule has 5 nitrogen and oxygen atoms in total. The third kappa shape index (κ3) is 4.04. The first kappa shape index (κ1) is 14.1. The maximum Gasteiger partial charge on any atom is 0.247 e. The normalized spacial score (nSPS) is 14.6. The van der Waals surface area contributed by atoms with E-state index in [2.05, 4.69) is 15.5 Å². The summed E-state index contributed by atoms with van der Waals surface area (Å²) in [6.45, 7) is 4.90. The van der Waals surface area contributed by atoms with Gasteiger partial charge in [0.2, 0.25) is 11.8 Å². The quantitative estimate of drug-likeness (QED) is 0.848. The summed E-state index contributed by atoms with van der Waals surface area (Å²) in [6, 6.07) is 8.45. The number of hydrogen-bond donors (Lipinski definition) is 1. The second-order valence-corrected chi connectivity index (χ2v) is 5.67. The van der Waals surface area contributed by atoms with Crippen molar-refractivity contribution in [1.29, 1.82) is 0 Å². The first-order chi connectivity index (χ1) is 10.2. The zero-order chi connectivity index (χ0) is 14.7. The van der Waals surface area contributed by atoms with Gasteiger partial charge in [-0.25, -0.2) is 0 Å². The van der Waals surface area contributed by atoms with Crippen molar-refractivity contribution in [3.8, 4) is 17.2 Å². The van der Waals surface area contributed by atoms with Crippen LogP contribution in [0.2, 0.25) is 0 Å². The molecule has 21 heavy (non-hydrogen) atoms. The summed E-state index contributed by atoms with van der Waals surface area (Å²) in [7, 11) is 0. The van der Waals surface area contributed by atoms with Gasteiger partial charge in [-0.05, 0) is 44.9 Å². The van der Waals surface area contributed by atoms with Crippen LogP contribution in [0.15, 0.2) is 28.7 Å². The fraction of sp³-hybridized carbons (Fsp3) is 0.500. The van der Waals surface area contributed by atoms with Crippen molar-refractivity contribution in [3.05, 3.63) is 30.2 Å². The molecule has 0 atom stereocenters. The van der Waals surface area contributed by atoms with E-state index in [0.29, 0.717) is 17.8 Å². The van der Waals surface area contributed by atoms with Crippen molar-refractivity contribution in [2.24, 2.45) is 0 Å². The van der Waals surface area contributed by atoms with Crippen LogP contribution in [0.5, 0.6) is 5.75 Å². The smallest absolute Gasteiger partial charge is 0.247 e. The average molecular weight is 287 g/mol. The lowest BCUT2D eigenvalue weighted by atomic mass is 10.2. The fourth-order valence-electron chi connectivity index (χ4n) is 2.12. The van der Waals surface area contributed by atoms with Crippen LogP contribution in [0.1, 0.15) is 32.6 Å². The molecule has 0 unspecified atom stereocenters. The highest BCUT2D eigenvalue weighted by molar-refractivity contribution is 5.55. The molecule has 1 saturated carbocycles. The lowest BCUT2D eigenvalue weighted by molar-refractivity contribution is 0.242. The van der Waals surface area contributed by atoms with Gasteiger partial charge in [-0.1, -0.05) is 6.07 Å². The number of nitrogens with zero attached hydrogens (tertiary/aromatic N) is 2. The second kappa shape index (κ2) is 6.26. The maximum atomic E-state index is 5.71. The summed E-state index contributed by atoms with van der Waals surface area (Å²) in [5.41, 5.74) is 0.891. The molecule has 0 aliphatic heterocycles. The number of benzene rings is 1. The zero-order valence-electron chi connectivity index (χ0n) is 12.5. The van der Waals surface area contributed by atoms with Gasteiger partial charge in [-0.2, -0.15) is 0 Å². The standard InChI is InChI=1S/C16H21N3O2/c1-11(2)20-14-5-3-4-12(10-14)16-19-18-15(21-16)8-9-17-13-6-7-13/h3-5,10-11,13,17H,6-9H2,1-2H3. The molecule has 0 bridgehead atoms. The molecule has 0 spiro atoms. The second-order valence-electron chi connectivity index (χ2n) is 5.67. The zero-order valence-corrected chi connectivity index (χ0v) is 12.5. The van der Waals surface area contributed by atoms with Gasteiger partial charge in [0.1, 0.15) is 5.75 Å². The van der Waals surface area contributed by atoms with E-state index in [4.69, 9.17) is 9.15 Å². The molecule has 3 rings (SSSR count). The molecule has 0 radical (unpaired) electrons. The van der Waals surface area contributed by atoms with Crippen molar-refractivity contribution in [3.63, 3.8) is 0 Å². The Morgan fingerprint density at radius 1 is 1.33 bits per heavy atom. The molecule has 112 valence electrons. The maximum absolute atomic E-state index is 5.71. The molecule has 1 heterocycles. The molecule has 1 N–H and O–H groups in total. The third-order valence-electron chi connectivity index (χ3n) is 3.27. The Morgan fingerprint density at radius 3 is 2.95 bits per heavy atom. The van der Waals surface area contributed by atoms with Crippen LogP contribution in [0.3, 0.4) is 0 Å². The number of hydrogen-bond acceptors (Lipinski definition) is 5. The van der Waals surface area contributed by atoms with Crippen LogP contribution in [-0.2, 0) is 6.42 Å². The minimum absolute atomic E-state index is 0.145. The monoisotopic (exact) mass is 287 g/mol. The fourth-order valence-corrected chi connectivity index (χ4v) is 2.12. The summed E-state index contributed by atoms with van der Waals surface area (Å²) in [6.07, 6.45) is 3.49. The topological polar surface area (TPSA) is 60.2 Å². The number of aromatic nitrogens is 2. The van der Waals surface area contributed by atoms with E-state index in [-0.39, 0.29) is 6.10 Å². The minimum Gasteiger partial charge on any atom is -0.491 e. The van der Waals surface area contributed by atoms with Gasteiger partial charge in [0, 0.05) is 24.6 Å². The average Bonchev–Trinajstić information content (AvgIpc) is 3.14. The Morgan fingerprint density at radius 2 is 2.19 bits per heavy atom. The lowest BCUT2D eigenvalue weighted by Crippen LogP contribution is -2.19. The first-order valence-electron chi connectivity index (χ1n) is 7.53. The molecule has 1 aliphatic rings. The van der Waals surface area contributed by atoms with Gasteiger partial charge in [0.25, 0.3) is 0 Å². The van der Waals surface area contributed by atoms with Crippen molar-refractivity contribution in [2.45, 2.75) is 45.3 Å². The van der Waals surface area contributed by atoms with Gasteiger partial charge < -0.3 is 14.5 Å². The summed E-state index contributed by atoms with van der Waals surface area (Å²) in [5, 5.41) is 11.7. The summed E-state index contributed by atoms with van der Waals surface area (Å²) in [4.78, 5) is 0. The Kier molecular flexibility index (Phi) is 4.20. The van der Waals surface area contributed by atoms with Crippen molar-refractivity contribution in [1.82, 2.24) is 15.5 Å². The largest absolute Gasteiger partial charge is 0.491 e. The van der Waals surface area contributed by atoms with Gasteiger partial charge >= 0.3 is 0 Å². The van der Waals surface area contributed by atoms with E-state index in [0.717, 1.165) is 24.3 Å². The number of rotatable bonds is 7. The Hall–Kier alpha value is -1.88. The van der Waals surface area contributed by atoms with E-state index < -0.39 is 0 Å². The molecule has 1 aliphatic carbocycles. The van der Waals surface area contributed by atoms with Crippen LogP contribution in [-0.4, -0.2) is 28.9 Å². The third-order valence-corrected chi connectivity index (χ3v) is 3.27. The van der Waals surface area contributed by atoms with E-state index in [1.807, 2.05) is 38.1 Å². The summed E-state index contributed by atoms with van der Waals surface area (Å²) >= 11 is 0. The first-order valence-corrected chi connectivity index (χ1v) is 7.53. The Balaban J connectivity index is 1.64. The van der Waals surface area contributed by atoms with Crippen molar-refractivity contribution >= 4 is 0 Å². The van der Waals surface area contributed by atoms with Crippen LogP contribution in [0.4, 0.5) is 0 Å². The molecule has 1 aromatic heterocycles. The van der Waals surface area contributed by atoms with Crippen molar-refractivity contribution in [2.75, 3.05) is 6.54 Å². The minimum atomic E-state index is 0.145. The number of ether oxygens (including phenoxy) is 1. The molecular weight excluding hydrogens is 266 g/mol. The van der Waals surface area contributed by atoms with Crippen LogP contribution < -0.4 is 10.1 Å². The molecule has 5 heteroatoms. The Labute approximate surface area is 124 Å². The predicted octanol–water partition coefficient (Wildman–Crippen LogP) is 2.82. The SMILES string of the molecule is CC(C)Oc1cccc(-c2nnc(CCNC3CC3)o2)c1. The van der Waals surface area contributed by atoms with E-state index in [9.17, 15) is 0 Å². The van der Waals surface area contributed by atoms with E-state index in [1.165, 1.54) is 12.8 Å². The molecule has 0 saturated heterocycles. The lowest BCUT2D eigenvalue weighted by Gasteiger charge is -2.09. The molecule has 0 amide bonds.